The standard InChI is InChI=1S/C27H29BrN4O4S/c1-5-8-14-37-27-29-25(34)23-19-11-9-10-12-21(19)31(17(4)33)26(32(23)30-27)18-15-20(28)24(36-13-6-2)22(16-18)35-7-3/h6,9-12,15-16,26H,2,5,7-8,13-14H2,1,3-4H3/p+1/t26-/m1/s1. The molecule has 8 nitrogen and oxygen atoms in total. The van der Waals surface area contributed by atoms with Gasteiger partial charge in [-0.25, -0.2) is 4.90 Å². The van der Waals surface area contributed by atoms with Crippen molar-refractivity contribution in [2.75, 3.05) is 23.9 Å². The molecule has 194 valence electrons. The van der Waals surface area contributed by atoms with Gasteiger partial charge < -0.3 is 9.47 Å². The Labute approximate surface area is 228 Å². The Hall–Kier alpha value is -3.11. The molecule has 4 rings (SSSR count). The monoisotopic (exact) mass is 585 g/mol. The van der Waals surface area contributed by atoms with Crippen LogP contribution in [0.1, 0.15) is 45.3 Å². The topological polar surface area (TPSA) is 88.4 Å². The number of para-hydroxylation sites is 1. The maximum atomic E-state index is 13.4. The molecule has 0 unspecified atom stereocenters. The third-order valence-corrected chi connectivity index (χ3v) is 7.35. The lowest BCUT2D eigenvalue weighted by molar-refractivity contribution is -0.763. The smallest absolute Gasteiger partial charge is 0.325 e. The third kappa shape index (κ3) is 5.45. The van der Waals surface area contributed by atoms with E-state index in [1.54, 1.807) is 15.7 Å². The molecule has 0 spiro atoms. The van der Waals surface area contributed by atoms with Crippen LogP contribution in [-0.2, 0) is 4.79 Å². The number of thioether (sulfide) groups is 1. The average Bonchev–Trinajstić information content (AvgIpc) is 2.87. The molecule has 37 heavy (non-hydrogen) atoms. The first-order valence-corrected chi connectivity index (χ1v) is 14.0. The van der Waals surface area contributed by atoms with E-state index in [-0.39, 0.29) is 11.5 Å². The van der Waals surface area contributed by atoms with Crippen molar-refractivity contribution < 1.29 is 19.0 Å². The molecular formula is C27H30BrN4O4S+. The van der Waals surface area contributed by atoms with Crippen LogP contribution in [-0.4, -0.2) is 35.0 Å². The molecule has 1 atom stereocenters. The van der Waals surface area contributed by atoms with Crippen LogP contribution in [0.5, 0.6) is 11.5 Å². The first-order chi connectivity index (χ1) is 17.9. The Bertz CT molecular complexity index is 1380. The Morgan fingerprint density at radius 3 is 2.78 bits per heavy atom. The second-order valence-corrected chi connectivity index (χ2v) is 10.3. The van der Waals surface area contributed by atoms with Crippen molar-refractivity contribution in [3.8, 4) is 22.8 Å². The highest BCUT2D eigenvalue weighted by Crippen LogP contribution is 2.42. The lowest BCUT2D eigenvalue weighted by Gasteiger charge is -2.31. The maximum absolute atomic E-state index is 13.4. The number of H-pyrrole nitrogens is 1. The number of benzene rings is 2. The van der Waals surface area contributed by atoms with Gasteiger partial charge in [-0.05, 0) is 58.2 Å². The number of hydrogen-bond donors (Lipinski definition) is 1. The number of nitrogens with zero attached hydrogens (tertiary/aromatic N) is 3. The summed E-state index contributed by atoms with van der Waals surface area (Å²) in [6.45, 7) is 9.97. The van der Waals surface area contributed by atoms with Crippen LogP contribution < -0.4 is 24.6 Å². The zero-order valence-corrected chi connectivity index (χ0v) is 23.5. The van der Waals surface area contributed by atoms with Gasteiger partial charge >= 0.3 is 11.3 Å². The molecule has 1 aliphatic rings. The van der Waals surface area contributed by atoms with Crippen LogP contribution in [0.15, 0.2) is 63.5 Å². The molecule has 0 saturated carbocycles. The number of rotatable bonds is 10. The van der Waals surface area contributed by atoms with E-state index in [1.807, 2.05) is 43.3 Å². The number of anilines is 1. The molecule has 0 fully saturated rings. The van der Waals surface area contributed by atoms with Gasteiger partial charge in [0.05, 0.1) is 27.9 Å². The number of aromatic amines is 1. The number of hydrogen-bond acceptors (Lipinski definition) is 6. The molecule has 1 aromatic heterocycles. The van der Waals surface area contributed by atoms with E-state index in [9.17, 15) is 9.59 Å². The molecule has 3 aromatic rings. The Morgan fingerprint density at radius 2 is 2.08 bits per heavy atom. The number of carbonyl (C=O) groups is 1. The predicted octanol–water partition coefficient (Wildman–Crippen LogP) is 5.26. The van der Waals surface area contributed by atoms with E-state index in [0.29, 0.717) is 56.9 Å². The van der Waals surface area contributed by atoms with Gasteiger partial charge in [0.1, 0.15) is 6.61 Å². The second-order valence-electron chi connectivity index (χ2n) is 8.40. The van der Waals surface area contributed by atoms with Gasteiger partial charge in [0, 0.05) is 17.8 Å². The molecule has 0 saturated heterocycles. The van der Waals surface area contributed by atoms with Gasteiger partial charge in [0.15, 0.2) is 11.5 Å². The molecule has 1 N–H and O–H groups in total. The van der Waals surface area contributed by atoms with E-state index in [4.69, 9.17) is 14.6 Å². The molecule has 10 heteroatoms. The third-order valence-electron chi connectivity index (χ3n) is 5.81. The van der Waals surface area contributed by atoms with Crippen molar-refractivity contribution in [1.29, 1.82) is 0 Å². The van der Waals surface area contributed by atoms with Gasteiger partial charge in [-0.15, -0.1) is 0 Å². The van der Waals surface area contributed by atoms with Crippen molar-refractivity contribution in [1.82, 2.24) is 10.1 Å². The van der Waals surface area contributed by atoms with Gasteiger partial charge in [-0.1, -0.05) is 49.9 Å². The lowest BCUT2D eigenvalue weighted by atomic mass is 10.0. The van der Waals surface area contributed by atoms with Gasteiger partial charge in [0.2, 0.25) is 11.1 Å². The highest BCUT2D eigenvalue weighted by atomic mass is 79.9. The number of nitrogens with one attached hydrogen (secondary N) is 1. The van der Waals surface area contributed by atoms with E-state index in [0.717, 1.165) is 18.6 Å². The van der Waals surface area contributed by atoms with Crippen molar-refractivity contribution in [2.45, 2.75) is 44.9 Å². The van der Waals surface area contributed by atoms with Crippen LogP contribution >= 0.6 is 27.7 Å². The molecule has 0 aliphatic carbocycles. The van der Waals surface area contributed by atoms with Gasteiger partial charge in [-0.2, -0.15) is 0 Å². The molecule has 1 aliphatic heterocycles. The summed E-state index contributed by atoms with van der Waals surface area (Å²) in [6.07, 6.45) is 2.97. The number of fused-ring (bicyclic) bond motifs is 3. The van der Waals surface area contributed by atoms with Gasteiger partial charge in [0.25, 0.3) is 6.17 Å². The highest BCUT2D eigenvalue weighted by Gasteiger charge is 2.45. The minimum Gasteiger partial charge on any atom is -0.490 e. The Kier molecular flexibility index (Phi) is 8.71. The number of carbonyl (C=O) groups excluding carboxylic acids is 1. The molecule has 0 radical (unpaired) electrons. The summed E-state index contributed by atoms with van der Waals surface area (Å²) in [7, 11) is 0. The number of aromatic nitrogens is 3. The summed E-state index contributed by atoms with van der Waals surface area (Å²) in [5, 5.41) is 5.35. The fourth-order valence-corrected chi connectivity index (χ4v) is 5.78. The van der Waals surface area contributed by atoms with Crippen molar-refractivity contribution >= 4 is 39.3 Å². The molecule has 2 aromatic carbocycles. The zero-order chi connectivity index (χ0) is 26.5. The van der Waals surface area contributed by atoms with E-state index >= 15 is 0 Å². The summed E-state index contributed by atoms with van der Waals surface area (Å²) in [4.78, 5) is 31.2. The Morgan fingerprint density at radius 1 is 1.30 bits per heavy atom. The SMILES string of the molecule is C=CCOc1c(Br)cc([C@@H]2N(C(C)=O)c3ccccc3-c3c(=O)[nH]c(SCCCC)n[n+]32)cc1OCC. The minimum absolute atomic E-state index is 0.182. The summed E-state index contributed by atoms with van der Waals surface area (Å²) in [5.74, 6) is 1.70. The number of unbranched alkanes of at least 4 members (excludes halogenated alkanes) is 1. The summed E-state index contributed by atoms with van der Waals surface area (Å²) >= 11 is 5.11. The Balaban J connectivity index is 1.97. The molecular weight excluding hydrogens is 556 g/mol. The highest BCUT2D eigenvalue weighted by molar-refractivity contribution is 9.10. The summed E-state index contributed by atoms with van der Waals surface area (Å²) in [5.41, 5.74) is 2.12. The first-order valence-electron chi connectivity index (χ1n) is 12.2. The van der Waals surface area contributed by atoms with Crippen molar-refractivity contribution in [2.24, 2.45) is 0 Å². The van der Waals surface area contributed by atoms with Crippen LogP contribution in [0, 0.1) is 0 Å². The predicted molar refractivity (Wildman–Crippen MR) is 148 cm³/mol. The average molecular weight is 587 g/mol. The fourth-order valence-electron chi connectivity index (χ4n) is 4.27. The number of halogens is 1. The van der Waals surface area contributed by atoms with Crippen LogP contribution in [0.2, 0.25) is 0 Å². The lowest BCUT2D eigenvalue weighted by Crippen LogP contribution is -2.60. The molecule has 2 heterocycles. The molecule has 1 amide bonds. The normalized spacial score (nSPS) is 14.1. The van der Waals surface area contributed by atoms with E-state index in [1.165, 1.54) is 18.7 Å². The van der Waals surface area contributed by atoms with E-state index < -0.39 is 6.17 Å². The second kappa shape index (κ2) is 12.0. The van der Waals surface area contributed by atoms with E-state index in [2.05, 4.69) is 34.4 Å². The minimum atomic E-state index is -0.723. The first kappa shape index (κ1) is 26.9. The molecule has 0 bridgehead atoms. The quantitative estimate of drug-likeness (QED) is 0.151. The van der Waals surface area contributed by atoms with Gasteiger partial charge in [-0.3, -0.25) is 14.6 Å². The van der Waals surface area contributed by atoms with Crippen LogP contribution in [0.4, 0.5) is 5.69 Å². The fraction of sp³-hybridized carbons (Fsp3) is 0.333. The summed E-state index contributed by atoms with van der Waals surface area (Å²) < 4.78 is 14.1. The maximum Gasteiger partial charge on any atom is 0.325 e. The van der Waals surface area contributed by atoms with Crippen molar-refractivity contribution in [3.05, 3.63) is 69.4 Å². The van der Waals surface area contributed by atoms with Crippen molar-refractivity contribution in [3.63, 3.8) is 0 Å². The van der Waals surface area contributed by atoms with Crippen LogP contribution in [0.3, 0.4) is 0 Å². The number of amides is 1. The number of ether oxygens (including phenoxy) is 2. The largest absolute Gasteiger partial charge is 0.490 e. The zero-order valence-electron chi connectivity index (χ0n) is 21.1. The summed E-state index contributed by atoms with van der Waals surface area (Å²) in [6, 6.07) is 11.1. The van der Waals surface area contributed by atoms with Crippen LogP contribution in [0.25, 0.3) is 11.3 Å².